The summed E-state index contributed by atoms with van der Waals surface area (Å²) in [4.78, 5) is 5.55. The summed E-state index contributed by atoms with van der Waals surface area (Å²) in [7, 11) is -2.01. The highest BCUT2D eigenvalue weighted by Crippen LogP contribution is 2.27. The lowest BCUT2D eigenvalue weighted by molar-refractivity contribution is 0.470. The van der Waals surface area contributed by atoms with Gasteiger partial charge in [0, 0.05) is 30.1 Å². The van der Waals surface area contributed by atoms with E-state index in [2.05, 4.69) is 20.9 Å². The third-order valence-corrected chi connectivity index (χ3v) is 6.95. The van der Waals surface area contributed by atoms with Gasteiger partial charge in [0.1, 0.15) is 4.90 Å². The molecule has 7 heteroatoms. The van der Waals surface area contributed by atoms with Gasteiger partial charge >= 0.3 is 0 Å². The number of hydrogen-bond acceptors (Lipinski definition) is 4. The molecule has 0 N–H and O–H groups in total. The number of hydrogen-bond donors (Lipinski definition) is 0. The van der Waals surface area contributed by atoms with Crippen molar-refractivity contribution < 1.29 is 8.42 Å². The van der Waals surface area contributed by atoms with Gasteiger partial charge in [0.15, 0.2) is 0 Å². The Bertz CT molecular complexity index is 967. The Labute approximate surface area is 148 Å². The lowest BCUT2D eigenvalue weighted by Gasteiger charge is -2.17. The van der Waals surface area contributed by atoms with E-state index in [1.54, 1.807) is 25.4 Å². The van der Waals surface area contributed by atoms with Gasteiger partial charge in [0.2, 0.25) is 10.0 Å². The zero-order chi connectivity index (χ0) is 16.6. The average Bonchev–Trinajstić information content (AvgIpc) is 2.91. The van der Waals surface area contributed by atoms with Crippen LogP contribution in [-0.4, -0.2) is 24.8 Å². The van der Waals surface area contributed by atoms with Gasteiger partial charge in [0.25, 0.3) is 0 Å². The molecule has 0 saturated carbocycles. The van der Waals surface area contributed by atoms with Gasteiger partial charge in [-0.05, 0) is 52.7 Å². The molecule has 0 amide bonds. The van der Waals surface area contributed by atoms with Gasteiger partial charge in [-0.15, -0.1) is 11.3 Å². The predicted octanol–water partition coefficient (Wildman–Crippen LogP) is 4.19. The lowest BCUT2D eigenvalue weighted by atomic mass is 10.2. The fraction of sp³-hybridized carbons (Fsp3) is 0.188. The molecule has 0 bridgehead atoms. The number of para-hydroxylation sites is 1. The fourth-order valence-corrected chi connectivity index (χ4v) is 5.29. The van der Waals surface area contributed by atoms with Crippen LogP contribution in [0.4, 0.5) is 0 Å². The monoisotopic (exact) mass is 410 g/mol. The first-order chi connectivity index (χ1) is 10.9. The van der Waals surface area contributed by atoms with E-state index < -0.39 is 10.0 Å². The second-order valence-corrected chi connectivity index (χ2v) is 9.87. The van der Waals surface area contributed by atoms with Crippen LogP contribution in [0.5, 0.6) is 0 Å². The van der Waals surface area contributed by atoms with E-state index >= 15 is 0 Å². The van der Waals surface area contributed by atoms with Crippen molar-refractivity contribution in [3.63, 3.8) is 0 Å². The second-order valence-electron chi connectivity index (χ2n) is 5.31. The third kappa shape index (κ3) is 3.33. The molecule has 2 aromatic heterocycles. The van der Waals surface area contributed by atoms with Crippen LogP contribution >= 0.6 is 27.3 Å². The van der Waals surface area contributed by atoms with Crippen LogP contribution < -0.4 is 0 Å². The Morgan fingerprint density at radius 2 is 2.04 bits per heavy atom. The van der Waals surface area contributed by atoms with Crippen molar-refractivity contribution in [3.05, 3.63) is 56.8 Å². The third-order valence-electron chi connectivity index (χ3n) is 3.51. The molecule has 0 unspecified atom stereocenters. The lowest BCUT2D eigenvalue weighted by Crippen LogP contribution is -2.26. The number of thiophene rings is 1. The Balaban J connectivity index is 2.02. The van der Waals surface area contributed by atoms with Gasteiger partial charge < -0.3 is 0 Å². The number of pyridine rings is 1. The molecule has 0 saturated heterocycles. The molecule has 23 heavy (non-hydrogen) atoms. The first-order valence-corrected chi connectivity index (χ1v) is 9.99. The molecule has 3 rings (SSSR count). The van der Waals surface area contributed by atoms with Gasteiger partial charge in [-0.1, -0.05) is 12.1 Å². The van der Waals surface area contributed by atoms with E-state index in [1.165, 1.54) is 15.6 Å². The maximum Gasteiger partial charge on any atom is 0.245 e. The molecule has 0 fully saturated rings. The summed E-state index contributed by atoms with van der Waals surface area (Å²) >= 11 is 4.93. The Morgan fingerprint density at radius 1 is 1.26 bits per heavy atom. The molecule has 1 aromatic carbocycles. The van der Waals surface area contributed by atoms with Crippen LogP contribution in [0.1, 0.15) is 10.4 Å². The molecular weight excluding hydrogens is 396 g/mol. The number of halogens is 1. The number of aryl methyl sites for hydroxylation is 1. The van der Waals surface area contributed by atoms with Crippen molar-refractivity contribution >= 4 is 48.2 Å². The number of benzene rings is 1. The summed E-state index contributed by atoms with van der Waals surface area (Å²) in [5.41, 5.74) is 1.51. The molecular formula is C16H15BrN2O2S2. The first-order valence-electron chi connectivity index (χ1n) is 6.94. The van der Waals surface area contributed by atoms with Crippen molar-refractivity contribution in [1.82, 2.24) is 9.29 Å². The molecule has 0 radical (unpaired) electrons. The number of sulfonamides is 1. The minimum Gasteiger partial charge on any atom is -0.255 e. The summed E-state index contributed by atoms with van der Waals surface area (Å²) < 4.78 is 28.2. The highest BCUT2D eigenvalue weighted by Gasteiger charge is 2.24. The maximum atomic E-state index is 12.9. The largest absolute Gasteiger partial charge is 0.255 e. The van der Waals surface area contributed by atoms with E-state index in [1.807, 2.05) is 31.2 Å². The minimum absolute atomic E-state index is 0.244. The minimum atomic E-state index is -3.61. The van der Waals surface area contributed by atoms with Crippen molar-refractivity contribution in [2.24, 2.45) is 0 Å². The van der Waals surface area contributed by atoms with Crippen LogP contribution in [0.25, 0.3) is 10.9 Å². The average molecular weight is 411 g/mol. The van der Waals surface area contributed by atoms with Crippen LogP contribution in [0.2, 0.25) is 0 Å². The van der Waals surface area contributed by atoms with Crippen molar-refractivity contribution in [3.8, 4) is 0 Å². The standard InChI is InChI=1S/C16H15BrN2O2S2/c1-11-8-12-4-3-5-14(16(12)18-9-11)23(20,21)19(2)10-13-6-7-15(17)22-13/h3-9H,10H2,1-2H3. The summed E-state index contributed by atoms with van der Waals surface area (Å²) in [5, 5.41) is 0.832. The Hall–Kier alpha value is -1.28. The van der Waals surface area contributed by atoms with E-state index in [-0.39, 0.29) is 4.90 Å². The van der Waals surface area contributed by atoms with E-state index in [4.69, 9.17) is 0 Å². The van der Waals surface area contributed by atoms with Gasteiger partial charge in [0.05, 0.1) is 9.30 Å². The van der Waals surface area contributed by atoms with Crippen LogP contribution in [0.15, 0.2) is 51.3 Å². The van der Waals surface area contributed by atoms with Crippen molar-refractivity contribution in [1.29, 1.82) is 0 Å². The molecule has 2 heterocycles. The summed E-state index contributed by atoms with van der Waals surface area (Å²) in [6.07, 6.45) is 1.69. The SMILES string of the molecule is Cc1cnc2c(S(=O)(=O)N(C)Cc3ccc(Br)s3)cccc2c1. The van der Waals surface area contributed by atoms with Crippen molar-refractivity contribution in [2.75, 3.05) is 7.05 Å². The molecule has 4 nitrogen and oxygen atoms in total. The van der Waals surface area contributed by atoms with E-state index in [0.29, 0.717) is 12.1 Å². The number of nitrogens with zero attached hydrogens (tertiary/aromatic N) is 2. The molecule has 0 spiro atoms. The molecule has 0 aliphatic carbocycles. The van der Waals surface area contributed by atoms with Crippen molar-refractivity contribution in [2.45, 2.75) is 18.4 Å². The topological polar surface area (TPSA) is 50.3 Å². The summed E-state index contributed by atoms with van der Waals surface area (Å²) in [5.74, 6) is 0. The van der Waals surface area contributed by atoms with Crippen LogP contribution in [0, 0.1) is 6.92 Å². The van der Waals surface area contributed by atoms with Crippen LogP contribution in [0.3, 0.4) is 0 Å². The highest BCUT2D eigenvalue weighted by atomic mass is 79.9. The van der Waals surface area contributed by atoms with Gasteiger partial charge in [-0.3, -0.25) is 4.98 Å². The fourth-order valence-electron chi connectivity index (χ4n) is 2.36. The summed E-state index contributed by atoms with van der Waals surface area (Å²) in [6, 6.07) is 11.0. The number of rotatable bonds is 4. The maximum absolute atomic E-state index is 12.9. The Morgan fingerprint density at radius 3 is 2.74 bits per heavy atom. The molecule has 0 atom stereocenters. The van der Waals surface area contributed by atoms with E-state index in [0.717, 1.165) is 19.6 Å². The predicted molar refractivity (Wildman–Crippen MR) is 97.2 cm³/mol. The van der Waals surface area contributed by atoms with Gasteiger partial charge in [-0.2, -0.15) is 4.31 Å². The highest BCUT2D eigenvalue weighted by molar-refractivity contribution is 9.11. The molecule has 0 aliphatic rings. The summed E-state index contributed by atoms with van der Waals surface area (Å²) in [6.45, 7) is 2.27. The van der Waals surface area contributed by atoms with E-state index in [9.17, 15) is 8.42 Å². The zero-order valence-electron chi connectivity index (χ0n) is 12.7. The molecule has 3 aromatic rings. The van der Waals surface area contributed by atoms with Gasteiger partial charge in [-0.25, -0.2) is 8.42 Å². The Kier molecular flexibility index (Phi) is 4.55. The zero-order valence-corrected chi connectivity index (χ0v) is 15.9. The number of aromatic nitrogens is 1. The number of fused-ring (bicyclic) bond motifs is 1. The smallest absolute Gasteiger partial charge is 0.245 e. The molecule has 120 valence electrons. The first kappa shape index (κ1) is 16.6. The second kappa shape index (κ2) is 6.32. The van der Waals surface area contributed by atoms with Crippen LogP contribution in [-0.2, 0) is 16.6 Å². The quantitative estimate of drug-likeness (QED) is 0.647. The normalized spacial score (nSPS) is 12.2. The molecule has 0 aliphatic heterocycles.